The van der Waals surface area contributed by atoms with E-state index in [2.05, 4.69) is 14.8 Å². The molecule has 6 nitrogen and oxygen atoms in total. The highest BCUT2D eigenvalue weighted by molar-refractivity contribution is 7.15. The molecule has 0 saturated carbocycles. The number of nitrogens with zero attached hydrogens (tertiary/aromatic N) is 3. The van der Waals surface area contributed by atoms with Crippen LogP contribution in [0.15, 0.2) is 24.4 Å². The second-order valence-corrected chi connectivity index (χ2v) is 8.59. The fourth-order valence-electron chi connectivity index (χ4n) is 4.00. The SMILES string of the molecule is COc1ccc(F)cc1C(=O)C1CCCN(Cc2cnc(N3CCOCC3)s2)C1. The minimum atomic E-state index is -0.415. The Morgan fingerprint density at radius 1 is 1.34 bits per heavy atom. The van der Waals surface area contributed by atoms with Crippen molar-refractivity contribution in [1.29, 1.82) is 0 Å². The maximum absolute atomic E-state index is 13.7. The molecule has 1 atom stereocenters. The number of benzene rings is 1. The molecule has 0 bridgehead atoms. The number of halogens is 1. The minimum absolute atomic E-state index is 0.0376. The first kappa shape index (κ1) is 20.3. The van der Waals surface area contributed by atoms with E-state index in [1.165, 1.54) is 30.2 Å². The number of carbonyl (C=O) groups excluding carboxylic acids is 1. The lowest BCUT2D eigenvalue weighted by atomic mass is 9.89. The number of anilines is 1. The van der Waals surface area contributed by atoms with Crippen molar-refractivity contribution in [1.82, 2.24) is 9.88 Å². The molecule has 2 aromatic rings. The Morgan fingerprint density at radius 3 is 2.97 bits per heavy atom. The third-order valence-electron chi connectivity index (χ3n) is 5.51. The number of hydrogen-bond donors (Lipinski definition) is 0. The molecule has 0 N–H and O–H groups in total. The van der Waals surface area contributed by atoms with Gasteiger partial charge in [0.15, 0.2) is 10.9 Å². The fraction of sp³-hybridized carbons (Fsp3) is 0.524. The van der Waals surface area contributed by atoms with Crippen LogP contribution >= 0.6 is 11.3 Å². The van der Waals surface area contributed by atoms with Gasteiger partial charge in [-0.1, -0.05) is 0 Å². The van der Waals surface area contributed by atoms with Crippen molar-refractivity contribution in [2.24, 2.45) is 5.92 Å². The molecule has 156 valence electrons. The van der Waals surface area contributed by atoms with E-state index in [4.69, 9.17) is 9.47 Å². The number of rotatable bonds is 6. The van der Waals surface area contributed by atoms with E-state index in [-0.39, 0.29) is 11.7 Å². The van der Waals surface area contributed by atoms with E-state index in [1.807, 2.05) is 6.20 Å². The number of thiazole rings is 1. The van der Waals surface area contributed by atoms with E-state index in [0.717, 1.165) is 57.4 Å². The number of likely N-dealkylation sites (tertiary alicyclic amines) is 1. The number of piperidine rings is 1. The number of Topliss-reactive ketones (excluding diaryl/α,β-unsaturated/α-hetero) is 1. The average molecular weight is 420 g/mol. The van der Waals surface area contributed by atoms with Crippen molar-refractivity contribution in [3.63, 3.8) is 0 Å². The van der Waals surface area contributed by atoms with Crippen LogP contribution in [0.3, 0.4) is 0 Å². The Morgan fingerprint density at radius 2 is 2.17 bits per heavy atom. The van der Waals surface area contributed by atoms with Gasteiger partial charge in [-0.25, -0.2) is 9.37 Å². The third kappa shape index (κ3) is 4.76. The summed E-state index contributed by atoms with van der Waals surface area (Å²) in [7, 11) is 1.51. The molecule has 2 saturated heterocycles. The summed E-state index contributed by atoms with van der Waals surface area (Å²) >= 11 is 1.71. The molecule has 2 aliphatic heterocycles. The van der Waals surface area contributed by atoms with E-state index in [1.54, 1.807) is 11.3 Å². The lowest BCUT2D eigenvalue weighted by Crippen LogP contribution is -2.38. The highest BCUT2D eigenvalue weighted by atomic mass is 32.1. The minimum Gasteiger partial charge on any atom is -0.496 e. The summed E-state index contributed by atoms with van der Waals surface area (Å²) in [6.45, 7) is 5.65. The Labute approximate surface area is 174 Å². The van der Waals surface area contributed by atoms with Crippen LogP contribution in [0.2, 0.25) is 0 Å². The van der Waals surface area contributed by atoms with Gasteiger partial charge in [0.25, 0.3) is 0 Å². The van der Waals surface area contributed by atoms with Gasteiger partial charge in [-0.15, -0.1) is 11.3 Å². The molecular weight excluding hydrogens is 393 g/mol. The first-order valence-electron chi connectivity index (χ1n) is 10.0. The van der Waals surface area contributed by atoms with Crippen LogP contribution in [0.1, 0.15) is 28.1 Å². The maximum atomic E-state index is 13.7. The molecule has 2 aliphatic rings. The molecule has 1 aromatic carbocycles. The number of hydrogen-bond acceptors (Lipinski definition) is 7. The molecule has 0 amide bonds. The van der Waals surface area contributed by atoms with Gasteiger partial charge in [0, 0.05) is 43.2 Å². The molecule has 1 aromatic heterocycles. The molecular formula is C21H26FN3O3S. The van der Waals surface area contributed by atoms with Crippen LogP contribution in [0.5, 0.6) is 5.75 Å². The smallest absolute Gasteiger partial charge is 0.185 e. The van der Waals surface area contributed by atoms with Gasteiger partial charge >= 0.3 is 0 Å². The standard InChI is InChI=1S/C21H26FN3O3S/c1-27-19-5-4-16(22)11-18(19)20(26)15-3-2-6-24(13-15)14-17-12-23-21(29-17)25-7-9-28-10-8-25/h4-5,11-12,15H,2-3,6-10,13-14H2,1H3. The summed E-state index contributed by atoms with van der Waals surface area (Å²) in [5.41, 5.74) is 0.340. The zero-order chi connectivity index (χ0) is 20.2. The summed E-state index contributed by atoms with van der Waals surface area (Å²) in [6, 6.07) is 4.13. The van der Waals surface area contributed by atoms with Crippen LogP contribution in [-0.2, 0) is 11.3 Å². The van der Waals surface area contributed by atoms with Crippen molar-refractivity contribution in [3.8, 4) is 5.75 Å². The van der Waals surface area contributed by atoms with Crippen LogP contribution in [-0.4, -0.2) is 62.2 Å². The van der Waals surface area contributed by atoms with Crippen molar-refractivity contribution in [2.45, 2.75) is 19.4 Å². The molecule has 0 radical (unpaired) electrons. The predicted octanol–water partition coefficient (Wildman–Crippen LogP) is 3.22. The molecule has 0 aliphatic carbocycles. The fourth-order valence-corrected chi connectivity index (χ4v) is 5.00. The highest BCUT2D eigenvalue weighted by Crippen LogP contribution is 2.29. The van der Waals surface area contributed by atoms with Crippen molar-refractivity contribution in [3.05, 3.63) is 40.7 Å². The normalized spacial score (nSPS) is 20.6. The number of ketones is 1. The number of aromatic nitrogens is 1. The zero-order valence-corrected chi connectivity index (χ0v) is 17.4. The number of methoxy groups -OCH3 is 1. The first-order valence-corrected chi connectivity index (χ1v) is 10.8. The van der Waals surface area contributed by atoms with Gasteiger partial charge in [0.1, 0.15) is 11.6 Å². The van der Waals surface area contributed by atoms with Crippen LogP contribution in [0, 0.1) is 11.7 Å². The van der Waals surface area contributed by atoms with Gasteiger partial charge < -0.3 is 14.4 Å². The van der Waals surface area contributed by atoms with Gasteiger partial charge in [-0.2, -0.15) is 0 Å². The van der Waals surface area contributed by atoms with Crippen molar-refractivity contribution >= 4 is 22.3 Å². The topological polar surface area (TPSA) is 54.9 Å². The van der Waals surface area contributed by atoms with Gasteiger partial charge in [-0.05, 0) is 37.6 Å². The number of morpholine rings is 1. The maximum Gasteiger partial charge on any atom is 0.185 e. The molecule has 8 heteroatoms. The van der Waals surface area contributed by atoms with Crippen LogP contribution in [0.4, 0.5) is 9.52 Å². The first-order chi connectivity index (χ1) is 14.1. The molecule has 0 spiro atoms. The van der Waals surface area contributed by atoms with E-state index in [9.17, 15) is 9.18 Å². The van der Waals surface area contributed by atoms with E-state index < -0.39 is 5.82 Å². The summed E-state index contributed by atoms with van der Waals surface area (Å²) < 4.78 is 24.4. The lowest BCUT2D eigenvalue weighted by molar-refractivity contribution is 0.0809. The lowest BCUT2D eigenvalue weighted by Gasteiger charge is -2.31. The summed E-state index contributed by atoms with van der Waals surface area (Å²) in [5, 5.41) is 1.04. The summed E-state index contributed by atoms with van der Waals surface area (Å²) in [6.07, 6.45) is 3.70. The van der Waals surface area contributed by atoms with Gasteiger partial charge in [0.05, 0.1) is 25.9 Å². The Bertz CT molecular complexity index is 853. The molecule has 2 fully saturated rings. The Hall–Kier alpha value is -2.03. The summed E-state index contributed by atoms with van der Waals surface area (Å²) in [4.78, 5) is 23.4. The summed E-state index contributed by atoms with van der Waals surface area (Å²) in [5.74, 6) is -0.163. The second kappa shape index (κ2) is 9.19. The molecule has 29 heavy (non-hydrogen) atoms. The monoisotopic (exact) mass is 419 g/mol. The Kier molecular flexibility index (Phi) is 6.42. The van der Waals surface area contributed by atoms with Crippen LogP contribution < -0.4 is 9.64 Å². The predicted molar refractivity (Wildman–Crippen MR) is 110 cm³/mol. The van der Waals surface area contributed by atoms with E-state index in [0.29, 0.717) is 17.9 Å². The van der Waals surface area contributed by atoms with Crippen LogP contribution in [0.25, 0.3) is 0 Å². The molecule has 1 unspecified atom stereocenters. The molecule has 3 heterocycles. The van der Waals surface area contributed by atoms with Gasteiger partial charge in [-0.3, -0.25) is 9.69 Å². The largest absolute Gasteiger partial charge is 0.496 e. The molecule has 4 rings (SSSR count). The number of ether oxygens (including phenoxy) is 2. The second-order valence-electron chi connectivity index (χ2n) is 7.49. The van der Waals surface area contributed by atoms with Crippen molar-refractivity contribution < 1.29 is 18.7 Å². The quantitative estimate of drug-likeness (QED) is 0.670. The van der Waals surface area contributed by atoms with Crippen molar-refractivity contribution in [2.75, 3.05) is 51.4 Å². The average Bonchev–Trinajstić information content (AvgIpc) is 3.22. The zero-order valence-electron chi connectivity index (χ0n) is 16.6. The Balaban J connectivity index is 1.40. The van der Waals surface area contributed by atoms with Gasteiger partial charge in [0.2, 0.25) is 0 Å². The highest BCUT2D eigenvalue weighted by Gasteiger charge is 2.29. The third-order valence-corrected chi connectivity index (χ3v) is 6.55. The van der Waals surface area contributed by atoms with E-state index >= 15 is 0 Å². The number of carbonyl (C=O) groups is 1.